The second kappa shape index (κ2) is 47.9. The molecule has 23 unspecified atom stereocenters. The van der Waals surface area contributed by atoms with Crippen molar-refractivity contribution in [2.75, 3.05) is 0 Å². The van der Waals surface area contributed by atoms with Crippen LogP contribution in [0.5, 0.6) is 0 Å². The normalized spacial score (nSPS) is 32.4. The molecule has 23 atom stereocenters. The molecule has 2 aromatic carbocycles. The number of rotatable bonds is 9. The molecule has 9 heteroatoms. The van der Waals surface area contributed by atoms with E-state index in [2.05, 4.69) is 392 Å². The first-order valence-electron chi connectivity index (χ1n) is 46.9. The number of halogens is 6. The first-order valence-corrected chi connectivity index (χ1v) is 65.9. The van der Waals surface area contributed by atoms with Gasteiger partial charge in [-0.15, -0.1) is 0 Å². The Kier molecular flexibility index (Phi) is 45.5. The topological polar surface area (TPSA) is 0 Å². The summed E-state index contributed by atoms with van der Waals surface area (Å²) in [5, 5.41) is 0. The molecule has 14 rings (SSSR count). The summed E-state index contributed by atoms with van der Waals surface area (Å²) in [6, 6.07) is 23.4. The van der Waals surface area contributed by atoms with Gasteiger partial charge in [0.1, 0.15) is 0 Å². The van der Waals surface area contributed by atoms with E-state index < -0.39 is 62.5 Å². The van der Waals surface area contributed by atoms with Crippen molar-refractivity contribution in [3.8, 4) is 0 Å². The zero-order valence-corrected chi connectivity index (χ0v) is 98.8. The van der Waals surface area contributed by atoms with Crippen LogP contribution in [0.3, 0.4) is 0 Å². The first-order chi connectivity index (χ1) is 55.5. The molecule has 126 heavy (non-hydrogen) atoms. The molecule has 0 aliphatic heterocycles. The van der Waals surface area contributed by atoms with Gasteiger partial charge in [-0.1, -0.05) is 398 Å². The Morgan fingerprint density at radius 3 is 0.770 bits per heavy atom. The van der Waals surface area contributed by atoms with Crippen LogP contribution in [0, 0.1) is 241 Å². The van der Waals surface area contributed by atoms with E-state index in [1.54, 1.807) is 11.1 Å². The average Bonchev–Trinajstić information content (AvgIpc) is 1.58. The van der Waals surface area contributed by atoms with Crippen molar-refractivity contribution in [3.05, 3.63) is 259 Å². The van der Waals surface area contributed by atoms with Gasteiger partial charge < -0.3 is 44.6 Å². The van der Waals surface area contributed by atoms with Crippen LogP contribution in [0.4, 0.5) is 0 Å². The number of allylic oxidation sites excluding steroid dienone is 24. The van der Waals surface area contributed by atoms with E-state index in [1.165, 1.54) is 78.4 Å². The van der Waals surface area contributed by atoms with Crippen LogP contribution in [-0.4, -0.2) is 0 Å². The fraction of sp³-hybridized carbons (Fsp3) is 0.641. The van der Waals surface area contributed by atoms with Gasteiger partial charge in [-0.3, -0.25) is 0 Å². The molecule has 0 amide bonds. The monoisotopic (exact) mass is 2070 g/mol. The minimum atomic E-state index is -0.826. The third kappa shape index (κ3) is 28.0. The molecule has 0 saturated heterocycles. The summed E-state index contributed by atoms with van der Waals surface area (Å²) in [6.45, 7) is 78.0. The molecule has 2 aromatic rings. The minimum absolute atomic E-state index is 0. The Morgan fingerprint density at radius 2 is 0.524 bits per heavy atom. The van der Waals surface area contributed by atoms with E-state index in [1.807, 2.05) is 0 Å². The average molecular weight is 2080 g/mol. The van der Waals surface area contributed by atoms with E-state index in [4.69, 9.17) is 51.1 Å². The molecule has 0 N–H and O–H groups in total. The third-order valence-corrected chi connectivity index (χ3v) is 32.7. The molecule has 0 nitrogen and oxygen atoms in total. The van der Waals surface area contributed by atoms with E-state index in [9.17, 15) is 0 Å². The summed E-state index contributed by atoms with van der Waals surface area (Å²) >= 11 is -2.48. The maximum atomic E-state index is 4.93. The molecule has 12 aliphatic carbocycles. The van der Waals surface area contributed by atoms with Crippen LogP contribution >= 0.6 is 51.1 Å². The first kappa shape index (κ1) is 120. The number of fused-ring (bicyclic) bond motifs is 9. The zero-order valence-electron chi connectivity index (χ0n) is 86.9. The Hall–Kier alpha value is -0.291. The number of hydrogen-bond donors (Lipinski definition) is 0. The molecule has 12 aliphatic rings. The Balaban J connectivity index is 0.000000455. The number of hydrogen-bond acceptors (Lipinski definition) is 0. The van der Waals surface area contributed by atoms with E-state index >= 15 is 0 Å². The Bertz CT molecular complexity index is 3930. The molecule has 0 aromatic heterocycles. The molecule has 0 spiro atoms. The molecular formula is C117H182Cl6Zr3. The van der Waals surface area contributed by atoms with Gasteiger partial charge in [-0.2, -0.15) is 0 Å². The van der Waals surface area contributed by atoms with Crippen LogP contribution < -0.4 is 0 Å². The SMILES string of the molecule is CC1CC(C(C)(C)C)CC1C(C)(C)C1C2C=CC(C(C)(C)C)=CC2C2C=C(C(C)(C)C)C=CC21.CC1CC(C(C)(C)C)CC1C(c1ccccc1)C1C2C=CC(C(C)(C)C)=CC2C2C=C(C(C)(C)C)C=CC21.CCC1CC(C(C)(C)C)CC1C(c1ccccc1)C1C2C=CC(C(C)(C)C)=CC2C2C=C(C(C)(C)C)C=CC21.[CH3-].[CH3-].[CH3-].[CH3-].[CH3-].[CH3-].[Cl][Zr+2][Cl].[Cl][Zr+2][Cl].[Cl][Zr+2][Cl]. The van der Waals surface area contributed by atoms with Crippen molar-refractivity contribution < 1.29 is 62.5 Å². The summed E-state index contributed by atoms with van der Waals surface area (Å²) in [4.78, 5) is 0. The van der Waals surface area contributed by atoms with Crippen molar-refractivity contribution in [2.45, 2.75) is 278 Å². The summed E-state index contributed by atoms with van der Waals surface area (Å²) in [5.41, 5.74) is 15.1. The Labute approximate surface area is 838 Å². The number of benzene rings is 2. The van der Waals surface area contributed by atoms with Gasteiger partial charge in [0.15, 0.2) is 0 Å². The Morgan fingerprint density at radius 1 is 0.294 bits per heavy atom. The van der Waals surface area contributed by atoms with Gasteiger partial charge >= 0.3 is 114 Å². The van der Waals surface area contributed by atoms with Gasteiger partial charge in [0.25, 0.3) is 0 Å². The summed E-state index contributed by atoms with van der Waals surface area (Å²) in [6.07, 6.45) is 56.8. The summed E-state index contributed by atoms with van der Waals surface area (Å²) < 4.78 is 0. The van der Waals surface area contributed by atoms with Crippen molar-refractivity contribution in [2.24, 2.45) is 196 Å². The summed E-state index contributed by atoms with van der Waals surface area (Å²) in [7, 11) is 29.6. The molecule has 0 bridgehead atoms. The van der Waals surface area contributed by atoms with Gasteiger partial charge in [0.05, 0.1) is 0 Å². The van der Waals surface area contributed by atoms with Crippen LogP contribution in [0.2, 0.25) is 0 Å². The third-order valence-electron chi connectivity index (χ3n) is 32.7. The molecular weight excluding hydrogens is 1890 g/mol. The van der Waals surface area contributed by atoms with E-state index in [0.717, 1.165) is 53.3 Å². The van der Waals surface area contributed by atoms with Crippen LogP contribution in [0.25, 0.3) is 0 Å². The predicted octanol–water partition coefficient (Wildman–Crippen LogP) is 38.4. The van der Waals surface area contributed by atoms with Gasteiger partial charge in [-0.05, 0) is 291 Å². The van der Waals surface area contributed by atoms with Crippen molar-refractivity contribution in [1.29, 1.82) is 0 Å². The molecule has 704 valence electrons. The maximum absolute atomic E-state index is 4.93. The standard InChI is InChI=1S/C39H56.C38H54.C34H54.6CH3.6ClH.3Zr/c1-11-25-21-29(39(8,9)10)24-32(25)35(26-15-13-12-14-16-26)36-30-19-17-27(37(2,3)4)22-33(30)34-23-28(38(5,6)7)18-20-31(34)36;1-24-20-28(38(8,9)10)23-31(24)34(25-14-12-11-13-15-25)35-29-18-16-26(36(2,3)4)21-32(29)33-22-27(37(5,6)7)17-19-30(33)35;1-21-17-24(33(8,9)10)20-29(21)34(11,12)30-25-15-13-22(31(2,3)4)18-27(25)28-19-23(32(5,6)7)14-16-26(28)30;;;;;;;;;;;;;;;/h12-20,22-23,25,29-36H,11,21,24H2,1-10H3;11-19,21-22,24,28-35H,20,23H2,1-10H3;13-16,18-19,21,24-30H,17,20H2,1-12H3;6*1H3;6*1H;;;/q;;;6*-1;;;;;;;3*+4/p-6. The van der Waals surface area contributed by atoms with Gasteiger partial charge in [0, 0.05) is 0 Å². The van der Waals surface area contributed by atoms with Crippen molar-refractivity contribution >= 4 is 51.1 Å². The van der Waals surface area contributed by atoms with Gasteiger partial charge in [-0.25, -0.2) is 0 Å². The van der Waals surface area contributed by atoms with E-state index in [0.29, 0.717) is 122 Å². The zero-order chi connectivity index (χ0) is 89.5. The second-order valence-corrected chi connectivity index (χ2v) is 60.8. The van der Waals surface area contributed by atoms with Crippen LogP contribution in [0.1, 0.15) is 289 Å². The predicted molar refractivity (Wildman–Crippen MR) is 557 cm³/mol. The molecule has 6 saturated carbocycles. The van der Waals surface area contributed by atoms with Crippen molar-refractivity contribution in [3.63, 3.8) is 0 Å². The quantitative estimate of drug-likeness (QED) is 0.220. The second-order valence-electron chi connectivity index (χ2n) is 49.6. The van der Waals surface area contributed by atoms with Crippen LogP contribution in [0.15, 0.2) is 203 Å². The fourth-order valence-electron chi connectivity index (χ4n) is 25.8. The fourth-order valence-corrected chi connectivity index (χ4v) is 25.8. The molecule has 6 fully saturated rings. The molecule has 0 radical (unpaired) electrons. The van der Waals surface area contributed by atoms with Gasteiger partial charge in [0.2, 0.25) is 0 Å². The van der Waals surface area contributed by atoms with E-state index in [-0.39, 0.29) is 77.0 Å². The molecule has 0 heterocycles. The van der Waals surface area contributed by atoms with Crippen molar-refractivity contribution in [1.82, 2.24) is 0 Å². The van der Waals surface area contributed by atoms with Crippen LogP contribution in [-0.2, 0) is 62.5 Å². The summed E-state index contributed by atoms with van der Waals surface area (Å²) in [5.74, 6) is 17.7.